The third kappa shape index (κ3) is 6.36. The first-order valence-electron chi connectivity index (χ1n) is 8.95. The third-order valence-electron chi connectivity index (χ3n) is 3.82. The van der Waals surface area contributed by atoms with Gasteiger partial charge in [-0.2, -0.15) is 0 Å². The standard InChI is InChI=1S/C22H28N2O2S/c1-21(2,3)16-11-9-15(10-12-16)19(25)23-18(14-17-8-7-13-27-17)20(26)24-22(4,5)6/h7-14H,1-6H3,(H,23,25)(H,24,26)/b18-14+. The number of thiophene rings is 1. The summed E-state index contributed by atoms with van der Waals surface area (Å²) in [5.74, 6) is -0.613. The Morgan fingerprint density at radius 2 is 1.59 bits per heavy atom. The predicted molar refractivity (Wildman–Crippen MR) is 113 cm³/mol. The quantitative estimate of drug-likeness (QED) is 0.749. The number of hydrogen-bond acceptors (Lipinski definition) is 3. The van der Waals surface area contributed by atoms with E-state index >= 15 is 0 Å². The van der Waals surface area contributed by atoms with E-state index in [1.807, 2.05) is 50.4 Å². The van der Waals surface area contributed by atoms with Crippen LogP contribution < -0.4 is 10.6 Å². The Morgan fingerprint density at radius 1 is 0.963 bits per heavy atom. The fourth-order valence-corrected chi connectivity index (χ4v) is 3.06. The van der Waals surface area contributed by atoms with Crippen LogP contribution in [0.25, 0.3) is 6.08 Å². The van der Waals surface area contributed by atoms with Crippen LogP contribution in [-0.4, -0.2) is 17.4 Å². The van der Waals surface area contributed by atoms with Gasteiger partial charge in [0.1, 0.15) is 5.70 Å². The molecule has 144 valence electrons. The molecule has 0 aliphatic rings. The van der Waals surface area contributed by atoms with Crippen LogP contribution in [0.2, 0.25) is 0 Å². The van der Waals surface area contributed by atoms with Crippen LogP contribution in [0, 0.1) is 0 Å². The smallest absolute Gasteiger partial charge is 0.268 e. The molecule has 0 saturated heterocycles. The minimum absolute atomic E-state index is 0.0197. The molecular weight excluding hydrogens is 356 g/mol. The molecule has 0 radical (unpaired) electrons. The summed E-state index contributed by atoms with van der Waals surface area (Å²) in [6.07, 6.45) is 1.70. The topological polar surface area (TPSA) is 58.2 Å². The van der Waals surface area contributed by atoms with E-state index in [-0.39, 0.29) is 22.9 Å². The van der Waals surface area contributed by atoms with E-state index in [1.54, 1.807) is 18.2 Å². The van der Waals surface area contributed by atoms with Crippen LogP contribution >= 0.6 is 11.3 Å². The fraction of sp³-hybridized carbons (Fsp3) is 0.364. The Balaban J connectivity index is 2.24. The average Bonchev–Trinajstić information content (AvgIpc) is 3.05. The second-order valence-corrected chi connectivity index (χ2v) is 9.54. The molecule has 27 heavy (non-hydrogen) atoms. The number of nitrogens with one attached hydrogen (secondary N) is 2. The van der Waals surface area contributed by atoms with E-state index in [9.17, 15) is 9.59 Å². The predicted octanol–water partition coefficient (Wildman–Crippen LogP) is 4.73. The number of carbonyl (C=O) groups is 2. The molecule has 1 aromatic heterocycles. The van der Waals surface area contributed by atoms with Crippen molar-refractivity contribution in [2.45, 2.75) is 52.5 Å². The second kappa shape index (κ2) is 8.09. The molecule has 0 unspecified atom stereocenters. The maximum Gasteiger partial charge on any atom is 0.268 e. The van der Waals surface area contributed by atoms with Gasteiger partial charge in [-0.25, -0.2) is 0 Å². The molecule has 1 heterocycles. The van der Waals surface area contributed by atoms with Crippen LogP contribution in [0.5, 0.6) is 0 Å². The number of hydrogen-bond donors (Lipinski definition) is 2. The van der Waals surface area contributed by atoms with Crippen molar-refractivity contribution < 1.29 is 9.59 Å². The normalized spacial score (nSPS) is 12.6. The summed E-state index contributed by atoms with van der Waals surface area (Å²) in [7, 11) is 0. The van der Waals surface area contributed by atoms with Crippen molar-refractivity contribution >= 4 is 29.2 Å². The van der Waals surface area contributed by atoms with Crippen LogP contribution in [-0.2, 0) is 10.2 Å². The maximum atomic E-state index is 12.7. The zero-order valence-corrected chi connectivity index (χ0v) is 17.7. The molecule has 0 aliphatic heterocycles. The number of rotatable bonds is 4. The molecule has 2 N–H and O–H groups in total. The summed E-state index contributed by atoms with van der Waals surface area (Å²) < 4.78 is 0. The largest absolute Gasteiger partial charge is 0.346 e. The summed E-state index contributed by atoms with van der Waals surface area (Å²) in [5.41, 5.74) is 1.52. The highest BCUT2D eigenvalue weighted by molar-refractivity contribution is 7.10. The first-order chi connectivity index (χ1) is 12.5. The molecule has 0 spiro atoms. The first kappa shape index (κ1) is 20.9. The van der Waals surface area contributed by atoms with Crippen molar-refractivity contribution in [1.29, 1.82) is 0 Å². The van der Waals surface area contributed by atoms with E-state index in [0.29, 0.717) is 5.56 Å². The SMILES string of the molecule is CC(C)(C)NC(=O)/C(=C\c1cccs1)NC(=O)c1ccc(C(C)(C)C)cc1. The monoisotopic (exact) mass is 384 g/mol. The molecule has 0 aliphatic carbocycles. The summed E-state index contributed by atoms with van der Waals surface area (Å²) >= 11 is 1.51. The van der Waals surface area contributed by atoms with Crippen LogP contribution in [0.15, 0.2) is 47.5 Å². The van der Waals surface area contributed by atoms with Gasteiger partial charge in [-0.05, 0) is 61.4 Å². The third-order valence-corrected chi connectivity index (χ3v) is 4.64. The van der Waals surface area contributed by atoms with Gasteiger partial charge in [0.2, 0.25) is 0 Å². The molecule has 2 aromatic rings. The van der Waals surface area contributed by atoms with E-state index < -0.39 is 5.54 Å². The zero-order valence-electron chi connectivity index (χ0n) is 16.8. The van der Waals surface area contributed by atoms with Crippen molar-refractivity contribution in [2.24, 2.45) is 0 Å². The first-order valence-corrected chi connectivity index (χ1v) is 9.83. The van der Waals surface area contributed by atoms with Gasteiger partial charge in [-0.1, -0.05) is 39.0 Å². The van der Waals surface area contributed by atoms with E-state index in [2.05, 4.69) is 31.4 Å². The molecule has 1 aromatic carbocycles. The highest BCUT2D eigenvalue weighted by Gasteiger charge is 2.20. The Hall–Kier alpha value is -2.40. The van der Waals surface area contributed by atoms with Crippen LogP contribution in [0.1, 0.15) is 62.3 Å². The second-order valence-electron chi connectivity index (χ2n) is 8.56. The summed E-state index contributed by atoms with van der Waals surface area (Å²) in [6, 6.07) is 11.3. The molecule has 0 saturated carbocycles. The molecule has 5 heteroatoms. The summed E-state index contributed by atoms with van der Waals surface area (Å²) in [5, 5.41) is 7.60. The van der Waals surface area contributed by atoms with E-state index in [4.69, 9.17) is 0 Å². The van der Waals surface area contributed by atoms with Crippen LogP contribution in [0.4, 0.5) is 0 Å². The lowest BCUT2D eigenvalue weighted by atomic mass is 9.87. The lowest BCUT2D eigenvalue weighted by Crippen LogP contribution is -2.44. The Bertz CT molecular complexity index is 821. The van der Waals surface area contributed by atoms with Crippen molar-refractivity contribution in [1.82, 2.24) is 10.6 Å². The molecule has 0 atom stereocenters. The molecule has 0 bridgehead atoms. The maximum absolute atomic E-state index is 12.7. The molecule has 2 rings (SSSR count). The number of amides is 2. The molecule has 4 nitrogen and oxygen atoms in total. The number of carbonyl (C=O) groups excluding carboxylic acids is 2. The van der Waals surface area contributed by atoms with Crippen molar-refractivity contribution in [3.63, 3.8) is 0 Å². The molecule has 0 fully saturated rings. The lowest BCUT2D eigenvalue weighted by molar-refractivity contribution is -0.119. The lowest BCUT2D eigenvalue weighted by Gasteiger charge is -2.22. The highest BCUT2D eigenvalue weighted by Crippen LogP contribution is 2.22. The summed E-state index contributed by atoms with van der Waals surface area (Å²) in [4.78, 5) is 26.2. The minimum Gasteiger partial charge on any atom is -0.346 e. The van der Waals surface area contributed by atoms with Gasteiger partial charge in [0.05, 0.1) is 0 Å². The molecule has 2 amide bonds. The zero-order chi connectivity index (χ0) is 20.2. The summed E-state index contributed by atoms with van der Waals surface area (Å²) in [6.45, 7) is 12.1. The van der Waals surface area contributed by atoms with Crippen molar-refractivity contribution in [3.8, 4) is 0 Å². The Labute approximate surface area is 165 Å². The van der Waals surface area contributed by atoms with Crippen molar-refractivity contribution in [3.05, 3.63) is 63.5 Å². The van der Waals surface area contributed by atoms with Gasteiger partial charge >= 0.3 is 0 Å². The Kier molecular flexibility index (Phi) is 6.26. The molecular formula is C22H28N2O2S. The van der Waals surface area contributed by atoms with E-state index in [0.717, 1.165) is 10.4 Å². The van der Waals surface area contributed by atoms with Crippen LogP contribution in [0.3, 0.4) is 0 Å². The number of benzene rings is 1. The van der Waals surface area contributed by atoms with Crippen molar-refractivity contribution in [2.75, 3.05) is 0 Å². The highest BCUT2D eigenvalue weighted by atomic mass is 32.1. The minimum atomic E-state index is -0.398. The average molecular weight is 385 g/mol. The van der Waals surface area contributed by atoms with Gasteiger partial charge < -0.3 is 10.6 Å². The van der Waals surface area contributed by atoms with Gasteiger partial charge in [0.25, 0.3) is 11.8 Å². The van der Waals surface area contributed by atoms with Gasteiger partial charge in [-0.3, -0.25) is 9.59 Å². The van der Waals surface area contributed by atoms with Gasteiger partial charge in [0, 0.05) is 16.0 Å². The van der Waals surface area contributed by atoms with Gasteiger partial charge in [-0.15, -0.1) is 11.3 Å². The van der Waals surface area contributed by atoms with E-state index in [1.165, 1.54) is 11.3 Å². The Morgan fingerprint density at radius 3 is 2.07 bits per heavy atom. The van der Waals surface area contributed by atoms with Gasteiger partial charge in [0.15, 0.2) is 0 Å². The fourth-order valence-electron chi connectivity index (χ4n) is 2.40.